The first-order chi connectivity index (χ1) is 14.4. The summed E-state index contributed by atoms with van der Waals surface area (Å²) in [6.07, 6.45) is 13.6. The molecule has 162 valence electrons. The fraction of sp³-hybridized carbons (Fsp3) is 0.643. The van der Waals surface area contributed by atoms with E-state index in [2.05, 4.69) is 68.7 Å². The van der Waals surface area contributed by atoms with Crippen LogP contribution in [0, 0.1) is 11.8 Å². The molecule has 0 nitrogen and oxygen atoms in total. The van der Waals surface area contributed by atoms with Crippen LogP contribution < -0.4 is 37.7 Å². The van der Waals surface area contributed by atoms with Gasteiger partial charge in [-0.15, -0.1) is 0 Å². The third kappa shape index (κ3) is 4.48. The van der Waals surface area contributed by atoms with Gasteiger partial charge in [0.05, 0.1) is 0 Å². The largest absolute Gasteiger partial charge is 1.00 e. The minimum atomic E-state index is -1.22. The van der Waals surface area contributed by atoms with Gasteiger partial charge in [-0.1, -0.05) is 114 Å². The Morgan fingerprint density at radius 3 is 2.06 bits per heavy atom. The molecule has 3 fully saturated rings. The summed E-state index contributed by atoms with van der Waals surface area (Å²) in [6, 6.07) is 16.2. The zero-order valence-corrected chi connectivity index (χ0v) is 23.8. The van der Waals surface area contributed by atoms with Crippen molar-refractivity contribution in [3.63, 3.8) is 0 Å². The van der Waals surface area contributed by atoms with E-state index >= 15 is 0 Å². The van der Waals surface area contributed by atoms with Crippen molar-refractivity contribution in [2.75, 3.05) is 0 Å². The van der Waals surface area contributed by atoms with Crippen LogP contribution in [0.1, 0.15) is 69.3 Å². The van der Waals surface area contributed by atoms with E-state index in [0.29, 0.717) is 0 Å². The van der Waals surface area contributed by atoms with Crippen molar-refractivity contribution in [3.8, 4) is 0 Å². The Bertz CT molecular complexity index is 898. The summed E-state index contributed by atoms with van der Waals surface area (Å²) >= 11 is 0. The fourth-order valence-corrected chi connectivity index (χ4v) is 22.5. The average molecular weight is 449 g/mol. The van der Waals surface area contributed by atoms with E-state index in [0.717, 1.165) is 28.8 Å². The van der Waals surface area contributed by atoms with Gasteiger partial charge in [-0.25, -0.2) is 0 Å². The predicted octanol–water partition coefficient (Wildman–Crippen LogP) is 2.95. The van der Waals surface area contributed by atoms with Gasteiger partial charge in [0.1, 0.15) is 0 Å². The number of hydrogen-bond acceptors (Lipinski definition) is 0. The van der Waals surface area contributed by atoms with Crippen molar-refractivity contribution in [2.24, 2.45) is 11.8 Å². The van der Waals surface area contributed by atoms with Crippen LogP contribution in [-0.2, 0) is 0 Å². The Kier molecular flexibility index (Phi) is 8.85. The molecule has 4 unspecified atom stereocenters. The molecule has 5 rings (SSSR count). The molecule has 0 bridgehead atoms. The molecule has 0 aliphatic heterocycles. The summed E-state index contributed by atoms with van der Waals surface area (Å²) in [5.74, 6) is 2.79. The topological polar surface area (TPSA) is 0 Å². The second-order valence-electron chi connectivity index (χ2n) is 12.0. The fourth-order valence-electron chi connectivity index (χ4n) is 8.31. The molecule has 2 aromatic rings. The molecular weight excluding hydrogens is 406 g/mol. The third-order valence-electron chi connectivity index (χ3n) is 10.6. The Balaban J connectivity index is 0.00000144. The quantitative estimate of drug-likeness (QED) is 0.631. The molecule has 0 heterocycles. The van der Waals surface area contributed by atoms with Gasteiger partial charge in [0.15, 0.2) is 0 Å². The maximum Gasteiger partial charge on any atom is 1.00 e. The molecule has 4 heteroatoms. The zero-order chi connectivity index (χ0) is 20.9. The average Bonchev–Trinajstić information content (AvgIpc) is 3.43. The summed E-state index contributed by atoms with van der Waals surface area (Å²) in [7, 11) is -2.36. The molecule has 0 radical (unpaired) electrons. The number of fused-ring (bicyclic) bond motifs is 2. The first-order valence-electron chi connectivity index (χ1n) is 12.9. The molecule has 0 aromatic heterocycles. The van der Waals surface area contributed by atoms with E-state index in [1.54, 1.807) is 24.8 Å². The smallest absolute Gasteiger partial charge is 0.0711 e. The van der Waals surface area contributed by atoms with Crippen molar-refractivity contribution in [1.29, 1.82) is 0 Å². The molecular formula is C28H42Li2Si2+2. The van der Waals surface area contributed by atoms with Crippen molar-refractivity contribution in [2.45, 2.75) is 101 Å². The Hall–Kier alpha value is 0.329. The summed E-state index contributed by atoms with van der Waals surface area (Å²) in [5, 5.41) is 2.97. The molecule has 3 saturated carbocycles. The Morgan fingerprint density at radius 2 is 1.31 bits per heavy atom. The maximum absolute atomic E-state index is 2.85. The molecule has 0 N–H and O–H groups in total. The number of hydrogen-bond donors (Lipinski definition) is 0. The summed E-state index contributed by atoms with van der Waals surface area (Å²) in [6.45, 7) is 11.4. The zero-order valence-electron chi connectivity index (χ0n) is 21.8. The second kappa shape index (κ2) is 10.5. The monoisotopic (exact) mass is 448 g/mol. The van der Waals surface area contributed by atoms with Crippen LogP contribution in [0.25, 0.3) is 10.8 Å². The first kappa shape index (κ1) is 26.9. The van der Waals surface area contributed by atoms with Gasteiger partial charge in [-0.3, -0.25) is 0 Å². The minimum absolute atomic E-state index is 0. The standard InChI is InChI=1S/C28H42Si2.2Li/c1-29(2,22-13-6-7-14-22)30(3,4)28-20-19-26-25(17-10-18-27(26)28)24-16-9-12-21-11-5-8-15-23(21)24;;/h5,8-9,11-12,15-16,22,25-28H,6-7,10,13-14,17-20H2,1-4H3;;/q;2*+1. The van der Waals surface area contributed by atoms with Crippen LogP contribution in [0.5, 0.6) is 0 Å². The van der Waals surface area contributed by atoms with E-state index < -0.39 is 15.2 Å². The van der Waals surface area contributed by atoms with E-state index in [1.165, 1.54) is 49.3 Å². The van der Waals surface area contributed by atoms with Gasteiger partial charge < -0.3 is 0 Å². The molecule has 3 aliphatic rings. The van der Waals surface area contributed by atoms with Gasteiger partial charge in [-0.2, -0.15) is 0 Å². The van der Waals surface area contributed by atoms with E-state index in [-0.39, 0.29) is 37.7 Å². The molecule has 3 aliphatic carbocycles. The summed E-state index contributed by atoms with van der Waals surface area (Å²) < 4.78 is 0. The van der Waals surface area contributed by atoms with Crippen molar-refractivity contribution in [1.82, 2.24) is 0 Å². The molecule has 0 spiro atoms. The van der Waals surface area contributed by atoms with Gasteiger partial charge in [0.2, 0.25) is 0 Å². The maximum atomic E-state index is 2.85. The van der Waals surface area contributed by atoms with Crippen molar-refractivity contribution >= 4 is 26.0 Å². The van der Waals surface area contributed by atoms with Crippen molar-refractivity contribution in [3.05, 3.63) is 48.0 Å². The summed E-state index contributed by atoms with van der Waals surface area (Å²) in [5.41, 5.74) is 3.91. The first-order valence-corrected chi connectivity index (χ1v) is 20.0. The van der Waals surface area contributed by atoms with E-state index in [9.17, 15) is 0 Å². The number of benzene rings is 2. The van der Waals surface area contributed by atoms with Gasteiger partial charge in [0, 0.05) is 15.2 Å². The van der Waals surface area contributed by atoms with Crippen molar-refractivity contribution < 1.29 is 37.7 Å². The predicted molar refractivity (Wildman–Crippen MR) is 138 cm³/mol. The SMILES string of the molecule is C[Si](C)(C1CCCC1)[Si](C)(C)C1CCC2C(c3cccc4ccccc34)CCCC21.[Li+].[Li+]. The minimum Gasteiger partial charge on any atom is -0.0711 e. The van der Waals surface area contributed by atoms with Crippen LogP contribution in [-0.4, -0.2) is 15.2 Å². The van der Waals surface area contributed by atoms with Crippen LogP contribution in [0.3, 0.4) is 0 Å². The summed E-state index contributed by atoms with van der Waals surface area (Å²) in [4.78, 5) is 0. The molecule has 0 saturated heterocycles. The van der Waals surface area contributed by atoms with Crippen LogP contribution >= 0.6 is 0 Å². The number of rotatable bonds is 4. The van der Waals surface area contributed by atoms with Crippen LogP contribution in [0.15, 0.2) is 42.5 Å². The van der Waals surface area contributed by atoms with E-state index in [4.69, 9.17) is 0 Å². The van der Waals surface area contributed by atoms with Crippen LogP contribution in [0.4, 0.5) is 0 Å². The Labute approximate surface area is 223 Å². The second-order valence-corrected chi connectivity index (χ2v) is 28.2. The van der Waals surface area contributed by atoms with Gasteiger partial charge in [0.25, 0.3) is 0 Å². The normalized spacial score (nSPS) is 28.8. The van der Waals surface area contributed by atoms with Crippen LogP contribution in [0.2, 0.25) is 37.3 Å². The third-order valence-corrected chi connectivity index (χ3v) is 31.4. The molecule has 32 heavy (non-hydrogen) atoms. The van der Waals surface area contributed by atoms with E-state index in [1.807, 2.05) is 0 Å². The Morgan fingerprint density at radius 1 is 0.625 bits per heavy atom. The molecule has 4 atom stereocenters. The van der Waals surface area contributed by atoms with Gasteiger partial charge in [-0.05, 0) is 58.0 Å². The molecule has 0 amide bonds. The van der Waals surface area contributed by atoms with Gasteiger partial charge >= 0.3 is 37.7 Å². The molecule has 2 aromatic carbocycles.